The van der Waals surface area contributed by atoms with Crippen LogP contribution in [0.5, 0.6) is 17.2 Å². The number of aromatic nitrogens is 3. The third-order valence-corrected chi connectivity index (χ3v) is 8.14. The number of fused-ring (bicyclic) bond motifs is 1. The van der Waals surface area contributed by atoms with Crippen LogP contribution in [-0.2, 0) is 4.79 Å². The number of rotatable bonds is 9. The fourth-order valence-electron chi connectivity index (χ4n) is 5.78. The third-order valence-electron chi connectivity index (χ3n) is 8.14. The number of methoxy groups -OCH3 is 1. The summed E-state index contributed by atoms with van der Waals surface area (Å²) in [6.07, 6.45) is 7.65. The molecule has 230 valence electrons. The summed E-state index contributed by atoms with van der Waals surface area (Å²) in [6, 6.07) is 14.0. The van der Waals surface area contributed by atoms with Gasteiger partial charge >= 0.3 is 0 Å². The summed E-state index contributed by atoms with van der Waals surface area (Å²) in [5, 5.41) is 16.8. The molecule has 2 saturated heterocycles. The van der Waals surface area contributed by atoms with Crippen molar-refractivity contribution in [1.82, 2.24) is 19.9 Å². The van der Waals surface area contributed by atoms with Crippen molar-refractivity contribution < 1.29 is 18.7 Å². The van der Waals surface area contributed by atoms with Crippen molar-refractivity contribution >= 4 is 39.8 Å². The van der Waals surface area contributed by atoms with Gasteiger partial charge in [0.2, 0.25) is 5.91 Å². The van der Waals surface area contributed by atoms with Gasteiger partial charge in [0.25, 0.3) is 0 Å². The lowest BCUT2D eigenvalue weighted by Gasteiger charge is -2.32. The summed E-state index contributed by atoms with van der Waals surface area (Å²) in [6.45, 7) is 5.60. The van der Waals surface area contributed by atoms with Crippen LogP contribution in [0, 0.1) is 17.1 Å². The van der Waals surface area contributed by atoms with Gasteiger partial charge in [0, 0.05) is 55.5 Å². The van der Waals surface area contributed by atoms with E-state index in [0.29, 0.717) is 52.9 Å². The van der Waals surface area contributed by atoms with E-state index < -0.39 is 5.82 Å². The zero-order valence-corrected chi connectivity index (χ0v) is 24.9. The van der Waals surface area contributed by atoms with Gasteiger partial charge in [0.1, 0.15) is 47.1 Å². The normalized spacial score (nSPS) is 16.7. The number of nitrogens with zero attached hydrogens (tertiary/aromatic N) is 6. The number of carbonyl (C=O) groups excluding carboxylic acids is 1. The Hall–Kier alpha value is -5.44. The van der Waals surface area contributed by atoms with E-state index in [0.717, 1.165) is 37.9 Å². The van der Waals surface area contributed by atoms with Crippen molar-refractivity contribution in [3.63, 3.8) is 0 Å². The standard InChI is InChI=1S/C33H33FN8O3/c1-3-32(43)41-13-9-21(10-14-41)39-29-17-25-28(18-30(29)44-2)37-20-38-33(25)40-27-7-6-23(15-26(27)34)45-24-8-11-36-31(16-24)42-12-4-5-22(42)19-35/h3,6-8,11,15-18,20-22,39H,1,4-5,9-10,12-14H2,2H3,(H,37,38,40)/t22-/m1/s1. The molecule has 2 N–H and O–H groups in total. The highest BCUT2D eigenvalue weighted by molar-refractivity contribution is 5.95. The fraction of sp³-hybridized carbons (Fsp3) is 0.303. The Balaban J connectivity index is 1.19. The number of hydrogen-bond donors (Lipinski definition) is 2. The molecule has 4 heterocycles. The molecule has 0 spiro atoms. The minimum atomic E-state index is -0.523. The van der Waals surface area contributed by atoms with Gasteiger partial charge in [-0.2, -0.15) is 5.26 Å². The van der Waals surface area contributed by atoms with Crippen molar-refractivity contribution in [3.8, 4) is 23.3 Å². The van der Waals surface area contributed by atoms with Crippen LogP contribution < -0.4 is 25.0 Å². The molecule has 2 fully saturated rings. The second-order valence-corrected chi connectivity index (χ2v) is 10.9. The number of piperidine rings is 1. The molecule has 2 aliphatic heterocycles. The molecule has 2 aromatic heterocycles. The summed E-state index contributed by atoms with van der Waals surface area (Å²) in [5.74, 6) is 1.94. The molecular formula is C33H33FN8O3. The molecule has 6 rings (SSSR count). The van der Waals surface area contributed by atoms with E-state index in [1.54, 1.807) is 42.5 Å². The smallest absolute Gasteiger partial charge is 0.245 e. The van der Waals surface area contributed by atoms with Gasteiger partial charge in [-0.3, -0.25) is 4.79 Å². The Labute approximate surface area is 260 Å². The Bertz CT molecular complexity index is 1770. The fourth-order valence-corrected chi connectivity index (χ4v) is 5.78. The molecule has 11 nitrogen and oxygen atoms in total. The van der Waals surface area contributed by atoms with Crippen LogP contribution in [0.4, 0.5) is 27.4 Å². The number of likely N-dealkylation sites (tertiary alicyclic amines) is 1. The summed E-state index contributed by atoms with van der Waals surface area (Å²) >= 11 is 0. The lowest BCUT2D eigenvalue weighted by molar-refractivity contribution is -0.126. The average molecular weight is 609 g/mol. The van der Waals surface area contributed by atoms with E-state index in [4.69, 9.17) is 9.47 Å². The maximum absolute atomic E-state index is 15.4. The maximum Gasteiger partial charge on any atom is 0.245 e. The second-order valence-electron chi connectivity index (χ2n) is 10.9. The van der Waals surface area contributed by atoms with Gasteiger partial charge in [-0.15, -0.1) is 0 Å². The highest BCUT2D eigenvalue weighted by Gasteiger charge is 2.26. The summed E-state index contributed by atoms with van der Waals surface area (Å²) < 4.78 is 27.0. The minimum Gasteiger partial charge on any atom is -0.495 e. The van der Waals surface area contributed by atoms with Crippen LogP contribution in [0.3, 0.4) is 0 Å². The van der Waals surface area contributed by atoms with Gasteiger partial charge in [0.05, 0.1) is 30.1 Å². The Kier molecular flexibility index (Phi) is 8.59. The summed E-state index contributed by atoms with van der Waals surface area (Å²) in [5.41, 5.74) is 1.61. The van der Waals surface area contributed by atoms with E-state index in [1.165, 1.54) is 18.5 Å². The number of pyridine rings is 1. The Morgan fingerprint density at radius 1 is 1.07 bits per heavy atom. The number of amides is 1. The third kappa shape index (κ3) is 6.43. The molecule has 2 aromatic carbocycles. The first-order chi connectivity index (χ1) is 21.9. The number of anilines is 4. The van der Waals surface area contributed by atoms with Crippen molar-refractivity contribution in [3.05, 3.63) is 73.5 Å². The van der Waals surface area contributed by atoms with Crippen molar-refractivity contribution in [2.45, 2.75) is 37.8 Å². The van der Waals surface area contributed by atoms with Crippen molar-refractivity contribution in [2.75, 3.05) is 42.3 Å². The molecule has 0 saturated carbocycles. The highest BCUT2D eigenvalue weighted by atomic mass is 19.1. The van der Waals surface area contributed by atoms with Crippen molar-refractivity contribution in [2.24, 2.45) is 0 Å². The minimum absolute atomic E-state index is 0.0600. The lowest BCUT2D eigenvalue weighted by Crippen LogP contribution is -2.41. The highest BCUT2D eigenvalue weighted by Crippen LogP contribution is 2.36. The van der Waals surface area contributed by atoms with Gasteiger partial charge in [-0.05, 0) is 56.0 Å². The summed E-state index contributed by atoms with van der Waals surface area (Å²) in [4.78, 5) is 28.9. The number of ether oxygens (including phenoxy) is 2. The zero-order chi connectivity index (χ0) is 31.3. The first kappa shape index (κ1) is 29.6. The van der Waals surface area contributed by atoms with E-state index in [-0.39, 0.29) is 23.7 Å². The van der Waals surface area contributed by atoms with Gasteiger partial charge in [-0.1, -0.05) is 6.58 Å². The average Bonchev–Trinajstić information content (AvgIpc) is 3.55. The molecule has 0 radical (unpaired) electrons. The predicted octanol–water partition coefficient (Wildman–Crippen LogP) is 5.79. The molecule has 1 amide bonds. The first-order valence-corrected chi connectivity index (χ1v) is 14.8. The molecule has 0 aliphatic carbocycles. The SMILES string of the molecule is C=CC(=O)N1CCC(Nc2cc3c(Nc4ccc(Oc5ccnc(N6CCC[C@@H]6C#N)c5)cc4F)ncnc3cc2OC)CC1. The maximum atomic E-state index is 15.4. The van der Waals surface area contributed by atoms with E-state index >= 15 is 4.39 Å². The number of benzene rings is 2. The quantitative estimate of drug-likeness (QED) is 0.225. The van der Waals surface area contributed by atoms with Gasteiger partial charge in [-0.25, -0.2) is 19.3 Å². The van der Waals surface area contributed by atoms with Gasteiger partial charge in [0.15, 0.2) is 0 Å². The van der Waals surface area contributed by atoms with Crippen LogP contribution in [-0.4, -0.2) is 64.6 Å². The van der Waals surface area contributed by atoms with Crippen LogP contribution in [0.15, 0.2) is 67.6 Å². The number of halogens is 1. The second kappa shape index (κ2) is 13.1. The number of hydrogen-bond acceptors (Lipinski definition) is 10. The Morgan fingerprint density at radius 2 is 1.89 bits per heavy atom. The molecule has 45 heavy (non-hydrogen) atoms. The monoisotopic (exact) mass is 608 g/mol. The molecule has 0 bridgehead atoms. The van der Waals surface area contributed by atoms with E-state index in [9.17, 15) is 10.1 Å². The van der Waals surface area contributed by atoms with Crippen LogP contribution in [0.2, 0.25) is 0 Å². The van der Waals surface area contributed by atoms with Gasteiger partial charge < -0.3 is 29.9 Å². The first-order valence-electron chi connectivity index (χ1n) is 14.8. The van der Waals surface area contributed by atoms with Crippen molar-refractivity contribution in [1.29, 1.82) is 5.26 Å². The molecule has 2 aliphatic rings. The van der Waals surface area contributed by atoms with Crippen LogP contribution in [0.1, 0.15) is 25.7 Å². The number of carbonyl (C=O) groups is 1. The topological polar surface area (TPSA) is 129 Å². The van der Waals surface area contributed by atoms with Crippen LogP contribution >= 0.6 is 0 Å². The molecule has 1 atom stereocenters. The largest absolute Gasteiger partial charge is 0.495 e. The molecule has 4 aromatic rings. The molecular weight excluding hydrogens is 575 g/mol. The molecule has 12 heteroatoms. The predicted molar refractivity (Wildman–Crippen MR) is 169 cm³/mol. The zero-order valence-electron chi connectivity index (χ0n) is 24.9. The lowest BCUT2D eigenvalue weighted by atomic mass is 10.0. The van der Waals surface area contributed by atoms with E-state index in [2.05, 4.69) is 38.2 Å². The summed E-state index contributed by atoms with van der Waals surface area (Å²) in [7, 11) is 1.60. The van der Waals surface area contributed by atoms with E-state index in [1.807, 2.05) is 17.0 Å². The Morgan fingerprint density at radius 3 is 2.64 bits per heavy atom. The number of nitrogens with one attached hydrogen (secondary N) is 2. The molecule has 0 unspecified atom stereocenters. The van der Waals surface area contributed by atoms with Crippen LogP contribution in [0.25, 0.3) is 10.9 Å². The number of nitriles is 1.